The van der Waals surface area contributed by atoms with Gasteiger partial charge in [0.15, 0.2) is 0 Å². The zero-order chi connectivity index (χ0) is 22.2. The highest BCUT2D eigenvalue weighted by Crippen LogP contribution is 2.78. The van der Waals surface area contributed by atoms with E-state index in [1.54, 1.807) is 0 Å². The van der Waals surface area contributed by atoms with Gasteiger partial charge in [0, 0.05) is 0 Å². The highest BCUT2D eigenvalue weighted by atomic mass is 16.6. The predicted molar refractivity (Wildman–Crippen MR) is 129 cm³/mol. The van der Waals surface area contributed by atoms with Crippen molar-refractivity contribution in [2.75, 3.05) is 0 Å². The molecule has 11 atom stereocenters. The maximum absolute atomic E-state index is 6.31. The summed E-state index contributed by atoms with van der Waals surface area (Å²) >= 11 is 0. The topological polar surface area (TPSA) is 12.5 Å². The minimum atomic E-state index is 0.371. The molecule has 0 aromatic heterocycles. The van der Waals surface area contributed by atoms with Crippen LogP contribution >= 0.6 is 0 Å². The van der Waals surface area contributed by atoms with E-state index in [2.05, 4.69) is 55.4 Å². The molecular formula is C30H50O. The zero-order valence-corrected chi connectivity index (χ0v) is 21.9. The van der Waals surface area contributed by atoms with Crippen LogP contribution in [0.15, 0.2) is 0 Å². The van der Waals surface area contributed by atoms with Crippen LogP contribution in [0.3, 0.4) is 0 Å². The molecule has 0 aromatic carbocycles. The van der Waals surface area contributed by atoms with Gasteiger partial charge in [0.2, 0.25) is 0 Å². The number of fused-ring (bicyclic) bond motifs is 8. The minimum absolute atomic E-state index is 0.371. The Hall–Kier alpha value is -0.0400. The molecule has 5 aliphatic carbocycles. The molecule has 5 saturated carbocycles. The second-order valence-electron chi connectivity index (χ2n) is 15.4. The summed E-state index contributed by atoms with van der Waals surface area (Å²) in [6, 6.07) is 0. The number of rotatable bonds is 1. The number of hydrogen-bond acceptors (Lipinski definition) is 1. The summed E-state index contributed by atoms with van der Waals surface area (Å²) in [5.41, 5.74) is 2.54. The fraction of sp³-hybridized carbons (Fsp3) is 1.00. The molecule has 1 aliphatic heterocycles. The molecule has 1 saturated heterocycles. The largest absolute Gasteiger partial charge is 0.369 e. The van der Waals surface area contributed by atoms with Crippen LogP contribution in [0.4, 0.5) is 0 Å². The third kappa shape index (κ3) is 2.44. The lowest BCUT2D eigenvalue weighted by molar-refractivity contribution is -0.233. The fourth-order valence-corrected chi connectivity index (χ4v) is 12.2. The van der Waals surface area contributed by atoms with Crippen molar-refractivity contribution in [3.63, 3.8) is 0 Å². The summed E-state index contributed by atoms with van der Waals surface area (Å²) in [5, 5.41) is 0. The van der Waals surface area contributed by atoms with Crippen molar-refractivity contribution in [2.45, 2.75) is 125 Å². The van der Waals surface area contributed by atoms with E-state index in [1.807, 2.05) is 0 Å². The molecule has 0 amide bonds. The monoisotopic (exact) mass is 426 g/mol. The molecule has 1 nitrogen and oxygen atoms in total. The average Bonchev–Trinajstić information content (AvgIpc) is 3.36. The van der Waals surface area contributed by atoms with Gasteiger partial charge in [-0.2, -0.15) is 0 Å². The average molecular weight is 427 g/mol. The maximum atomic E-state index is 6.31. The van der Waals surface area contributed by atoms with Crippen LogP contribution in [0, 0.1) is 62.6 Å². The molecule has 0 radical (unpaired) electrons. The van der Waals surface area contributed by atoms with Crippen molar-refractivity contribution in [3.8, 4) is 0 Å². The van der Waals surface area contributed by atoms with E-state index < -0.39 is 0 Å². The van der Waals surface area contributed by atoms with Gasteiger partial charge in [0.1, 0.15) is 0 Å². The van der Waals surface area contributed by atoms with Gasteiger partial charge < -0.3 is 4.74 Å². The summed E-state index contributed by atoms with van der Waals surface area (Å²) in [5.74, 6) is 5.52. The Morgan fingerprint density at radius 2 is 1.48 bits per heavy atom. The molecule has 2 unspecified atom stereocenters. The molecule has 0 bridgehead atoms. The molecule has 176 valence electrons. The van der Waals surface area contributed by atoms with Gasteiger partial charge in [0.25, 0.3) is 0 Å². The lowest BCUT2D eigenvalue weighted by Gasteiger charge is -2.72. The first-order valence-electron chi connectivity index (χ1n) is 14.0. The van der Waals surface area contributed by atoms with Crippen molar-refractivity contribution in [1.29, 1.82) is 0 Å². The van der Waals surface area contributed by atoms with Crippen molar-refractivity contribution < 1.29 is 4.74 Å². The summed E-state index contributed by atoms with van der Waals surface area (Å²) < 4.78 is 6.31. The highest BCUT2D eigenvalue weighted by Gasteiger charge is 2.73. The first kappa shape index (κ1) is 21.5. The molecule has 1 heteroatoms. The summed E-state index contributed by atoms with van der Waals surface area (Å²) in [7, 11) is 0. The van der Waals surface area contributed by atoms with Crippen LogP contribution in [0.1, 0.15) is 113 Å². The van der Waals surface area contributed by atoms with Gasteiger partial charge in [-0.25, -0.2) is 0 Å². The Morgan fingerprint density at radius 3 is 2.19 bits per heavy atom. The third-order valence-corrected chi connectivity index (χ3v) is 13.9. The quantitative estimate of drug-likeness (QED) is 0.386. The van der Waals surface area contributed by atoms with E-state index >= 15 is 0 Å². The number of epoxide rings is 1. The van der Waals surface area contributed by atoms with Crippen LogP contribution in [-0.4, -0.2) is 12.2 Å². The first-order valence-corrected chi connectivity index (χ1v) is 14.0. The molecular weight excluding hydrogens is 376 g/mol. The SMILES string of the molecule is CC(C)[C@@H]1CC[C@]2(C)CC[C@]3(C)[C@H](CC[C@@H]4[C@@]5(C)CC6OC6C(C)(C)[C@@H]5CC[C@]43C)[C@@H]12. The van der Waals surface area contributed by atoms with Gasteiger partial charge in [0.05, 0.1) is 12.2 Å². The van der Waals surface area contributed by atoms with Gasteiger partial charge >= 0.3 is 0 Å². The molecule has 1 heterocycles. The zero-order valence-electron chi connectivity index (χ0n) is 21.9. The van der Waals surface area contributed by atoms with E-state index in [1.165, 1.54) is 57.8 Å². The summed E-state index contributed by atoms with van der Waals surface area (Å²) in [6.45, 7) is 21.2. The van der Waals surface area contributed by atoms with E-state index in [-0.39, 0.29) is 0 Å². The van der Waals surface area contributed by atoms with E-state index in [9.17, 15) is 0 Å². The Kier molecular flexibility index (Phi) is 4.26. The van der Waals surface area contributed by atoms with E-state index in [4.69, 9.17) is 4.74 Å². The van der Waals surface area contributed by atoms with Crippen molar-refractivity contribution in [1.82, 2.24) is 0 Å². The van der Waals surface area contributed by atoms with E-state index in [0.717, 1.165) is 35.5 Å². The number of hydrogen-bond donors (Lipinski definition) is 0. The third-order valence-electron chi connectivity index (χ3n) is 13.9. The van der Waals surface area contributed by atoms with Crippen LogP contribution in [0.25, 0.3) is 0 Å². The van der Waals surface area contributed by atoms with Gasteiger partial charge in [-0.15, -0.1) is 0 Å². The van der Waals surface area contributed by atoms with Gasteiger partial charge in [-0.05, 0) is 120 Å². The van der Waals surface area contributed by atoms with Crippen LogP contribution in [0.5, 0.6) is 0 Å². The van der Waals surface area contributed by atoms with Crippen LogP contribution in [0.2, 0.25) is 0 Å². The Balaban J connectivity index is 1.40. The van der Waals surface area contributed by atoms with Gasteiger partial charge in [-0.3, -0.25) is 0 Å². The second kappa shape index (κ2) is 6.14. The molecule has 6 aliphatic rings. The van der Waals surface area contributed by atoms with Crippen molar-refractivity contribution >= 4 is 0 Å². The lowest BCUT2D eigenvalue weighted by Crippen LogP contribution is -2.66. The number of ether oxygens (including phenoxy) is 1. The lowest BCUT2D eigenvalue weighted by atomic mass is 9.32. The standard InChI is InChI=1S/C30H50O/c1-18(2)19-11-13-27(5)15-16-29(7)20(24(19)27)9-10-23-28(6)17-21-25(31-21)26(3,4)22(28)12-14-30(23,29)8/h18-25H,9-17H2,1-8H3/t19-,20+,21?,22-,23+,24+,25?,27+,28-,29+,30+/m0/s1. The van der Waals surface area contributed by atoms with E-state index in [0.29, 0.717) is 39.3 Å². The predicted octanol–water partition coefficient (Wildman–Crippen LogP) is 8.12. The van der Waals surface area contributed by atoms with Crippen LogP contribution in [-0.2, 0) is 4.74 Å². The fourth-order valence-electron chi connectivity index (χ4n) is 12.2. The normalized spacial score (nSPS) is 61.6. The van der Waals surface area contributed by atoms with Gasteiger partial charge in [-0.1, -0.05) is 55.4 Å². The first-order chi connectivity index (χ1) is 14.4. The summed E-state index contributed by atoms with van der Waals surface area (Å²) in [6.07, 6.45) is 14.4. The molecule has 6 fully saturated rings. The Bertz CT molecular complexity index is 768. The molecule has 0 N–H and O–H groups in total. The Labute approximate surface area is 192 Å². The highest BCUT2D eigenvalue weighted by molar-refractivity contribution is 5.21. The molecule has 0 spiro atoms. The molecule has 0 aromatic rings. The smallest absolute Gasteiger partial charge is 0.0895 e. The molecule has 6 rings (SSSR count). The molecule has 31 heavy (non-hydrogen) atoms. The maximum Gasteiger partial charge on any atom is 0.0895 e. The Morgan fingerprint density at radius 1 is 0.742 bits per heavy atom. The second-order valence-corrected chi connectivity index (χ2v) is 15.4. The van der Waals surface area contributed by atoms with Crippen molar-refractivity contribution in [3.05, 3.63) is 0 Å². The minimum Gasteiger partial charge on any atom is -0.369 e. The summed E-state index contributed by atoms with van der Waals surface area (Å²) in [4.78, 5) is 0. The van der Waals surface area contributed by atoms with Crippen LogP contribution < -0.4 is 0 Å². The van der Waals surface area contributed by atoms with Crippen molar-refractivity contribution in [2.24, 2.45) is 62.6 Å².